The number of carbonyl (C=O) groups is 1. The van der Waals surface area contributed by atoms with Gasteiger partial charge in [0.15, 0.2) is 5.13 Å². The van der Waals surface area contributed by atoms with Gasteiger partial charge < -0.3 is 15.3 Å². The van der Waals surface area contributed by atoms with Gasteiger partial charge in [-0.05, 0) is 63.2 Å². The number of aromatic nitrogens is 1. The molecule has 0 spiro atoms. The van der Waals surface area contributed by atoms with Gasteiger partial charge in [0.05, 0.1) is 6.61 Å². The number of hydrogen-bond donors (Lipinski definition) is 1. The maximum absolute atomic E-state index is 12.3. The number of rotatable bonds is 5. The van der Waals surface area contributed by atoms with E-state index in [4.69, 9.17) is 15.3 Å². The fourth-order valence-corrected chi connectivity index (χ4v) is 5.62. The first-order valence-corrected chi connectivity index (χ1v) is 9.59. The number of thiazole rings is 1. The minimum Gasteiger partial charge on any atom is -0.461 e. The zero-order chi connectivity index (χ0) is 16.7. The van der Waals surface area contributed by atoms with Crippen LogP contribution in [0.2, 0.25) is 0 Å². The molecule has 0 amide bonds. The van der Waals surface area contributed by atoms with Crippen molar-refractivity contribution in [1.29, 1.82) is 0 Å². The molecule has 1 aromatic rings. The number of hydrogen-bond acceptors (Lipinski definition) is 7. The third-order valence-corrected chi connectivity index (χ3v) is 6.22. The van der Waals surface area contributed by atoms with Crippen molar-refractivity contribution in [2.45, 2.75) is 51.0 Å². The molecule has 130 valence electrons. The molecule has 0 atom stereocenters. The summed E-state index contributed by atoms with van der Waals surface area (Å²) in [4.78, 5) is 22.5. The molecule has 5 rings (SSSR count). The van der Waals surface area contributed by atoms with Crippen LogP contribution in [0.4, 0.5) is 5.13 Å². The van der Waals surface area contributed by atoms with Crippen LogP contribution >= 0.6 is 11.3 Å². The Morgan fingerprint density at radius 3 is 2.46 bits per heavy atom. The lowest BCUT2D eigenvalue weighted by Gasteiger charge is -2.54. The van der Waals surface area contributed by atoms with Crippen molar-refractivity contribution in [3.8, 4) is 0 Å². The summed E-state index contributed by atoms with van der Waals surface area (Å²) >= 11 is 1.28. The fraction of sp³-hybridized carbons (Fsp3) is 0.706. The summed E-state index contributed by atoms with van der Waals surface area (Å²) in [5.74, 6) is 1.76. The van der Waals surface area contributed by atoms with Crippen LogP contribution in [-0.4, -0.2) is 28.9 Å². The van der Waals surface area contributed by atoms with Crippen LogP contribution in [0.5, 0.6) is 0 Å². The predicted molar refractivity (Wildman–Crippen MR) is 91.7 cm³/mol. The Labute approximate surface area is 145 Å². The van der Waals surface area contributed by atoms with Gasteiger partial charge in [0.1, 0.15) is 11.3 Å². The van der Waals surface area contributed by atoms with E-state index in [1.807, 2.05) is 0 Å². The van der Waals surface area contributed by atoms with Gasteiger partial charge in [-0.1, -0.05) is 5.16 Å². The summed E-state index contributed by atoms with van der Waals surface area (Å²) < 4.78 is 5.11. The van der Waals surface area contributed by atoms with Crippen molar-refractivity contribution in [2.24, 2.45) is 22.9 Å². The van der Waals surface area contributed by atoms with Gasteiger partial charge in [-0.3, -0.25) is 0 Å². The smallest absolute Gasteiger partial charge is 0.362 e. The number of carbonyl (C=O) groups excluding carboxylic acids is 1. The second-order valence-electron chi connectivity index (χ2n) is 7.42. The van der Waals surface area contributed by atoms with Crippen LogP contribution in [0.25, 0.3) is 0 Å². The van der Waals surface area contributed by atoms with Crippen LogP contribution in [0, 0.1) is 17.8 Å². The second-order valence-corrected chi connectivity index (χ2v) is 8.31. The van der Waals surface area contributed by atoms with Crippen LogP contribution < -0.4 is 5.73 Å². The molecule has 0 radical (unpaired) electrons. The van der Waals surface area contributed by atoms with Gasteiger partial charge in [-0.2, -0.15) is 0 Å². The molecule has 1 heterocycles. The number of anilines is 1. The first kappa shape index (κ1) is 15.9. The highest BCUT2D eigenvalue weighted by Gasteiger charge is 2.53. The summed E-state index contributed by atoms with van der Waals surface area (Å²) in [5, 5.41) is 6.36. The highest BCUT2D eigenvalue weighted by molar-refractivity contribution is 7.13. The number of nitrogen functional groups attached to an aromatic ring is 1. The first-order valence-electron chi connectivity index (χ1n) is 8.71. The van der Waals surface area contributed by atoms with Gasteiger partial charge >= 0.3 is 5.97 Å². The van der Waals surface area contributed by atoms with E-state index in [0.29, 0.717) is 10.8 Å². The van der Waals surface area contributed by atoms with E-state index in [0.717, 1.165) is 37.0 Å². The van der Waals surface area contributed by atoms with Crippen molar-refractivity contribution >= 4 is 28.1 Å². The zero-order valence-electron chi connectivity index (χ0n) is 13.9. The average Bonchev–Trinajstić information content (AvgIpc) is 2.92. The van der Waals surface area contributed by atoms with Gasteiger partial charge in [0.2, 0.25) is 5.71 Å². The highest BCUT2D eigenvalue weighted by atomic mass is 32.1. The lowest BCUT2D eigenvalue weighted by Crippen LogP contribution is -2.51. The largest absolute Gasteiger partial charge is 0.461 e. The summed E-state index contributed by atoms with van der Waals surface area (Å²) in [7, 11) is 0. The maximum Gasteiger partial charge on any atom is 0.362 e. The Bertz CT molecular complexity index is 635. The lowest BCUT2D eigenvalue weighted by molar-refractivity contribution is -0.162. The molecule has 6 nitrogen and oxygen atoms in total. The Balaban J connectivity index is 1.58. The second kappa shape index (κ2) is 6.02. The van der Waals surface area contributed by atoms with Gasteiger partial charge in [-0.15, -0.1) is 11.3 Å². The molecular formula is C17H23N3O3S. The minimum atomic E-state index is -0.507. The first-order chi connectivity index (χ1) is 11.6. The van der Waals surface area contributed by atoms with Gasteiger partial charge in [-0.25, -0.2) is 9.78 Å². The average molecular weight is 349 g/mol. The minimum absolute atomic E-state index is 0.126. The third-order valence-electron chi connectivity index (χ3n) is 5.55. The van der Waals surface area contributed by atoms with Crippen LogP contribution in [-0.2, 0) is 14.4 Å². The molecule has 4 bridgehead atoms. The Morgan fingerprint density at radius 1 is 1.33 bits per heavy atom. The van der Waals surface area contributed by atoms with Crippen LogP contribution in [0.1, 0.15) is 51.1 Å². The zero-order valence-corrected chi connectivity index (χ0v) is 14.7. The predicted octanol–water partition coefficient (Wildman–Crippen LogP) is 2.98. The highest BCUT2D eigenvalue weighted by Crippen LogP contribution is 2.57. The molecule has 4 aliphatic rings. The van der Waals surface area contributed by atoms with Crippen molar-refractivity contribution in [3.05, 3.63) is 11.1 Å². The van der Waals surface area contributed by atoms with E-state index < -0.39 is 5.97 Å². The number of nitrogens with two attached hydrogens (primary N) is 1. The summed E-state index contributed by atoms with van der Waals surface area (Å²) in [6.45, 7) is 2.06. The van der Waals surface area contributed by atoms with E-state index in [1.54, 1.807) is 12.3 Å². The SMILES string of the molecule is CCOC(=O)C(=NOC12CC3CC(CC(C3)C1)C2)c1csc(N)n1. The normalized spacial score (nSPS) is 34.4. The summed E-state index contributed by atoms with van der Waals surface area (Å²) in [5.41, 5.74) is 6.05. The van der Waals surface area contributed by atoms with E-state index in [-0.39, 0.29) is 17.9 Å². The Hall–Kier alpha value is -1.63. The molecule has 4 saturated carbocycles. The molecule has 4 aliphatic carbocycles. The van der Waals surface area contributed by atoms with Crippen molar-refractivity contribution < 1.29 is 14.4 Å². The molecule has 7 heteroatoms. The summed E-state index contributed by atoms with van der Waals surface area (Å²) in [6, 6.07) is 0. The molecule has 0 aromatic carbocycles. The monoisotopic (exact) mass is 349 g/mol. The number of ether oxygens (including phenoxy) is 1. The Kier molecular flexibility index (Phi) is 3.98. The summed E-state index contributed by atoms with van der Waals surface area (Å²) in [6.07, 6.45) is 7.16. The molecule has 1 aromatic heterocycles. The fourth-order valence-electron chi connectivity index (χ4n) is 5.07. The molecule has 0 aliphatic heterocycles. The quantitative estimate of drug-likeness (QED) is 0.502. The van der Waals surface area contributed by atoms with Crippen molar-refractivity contribution in [2.75, 3.05) is 12.3 Å². The third kappa shape index (κ3) is 2.90. The molecule has 2 N–H and O–H groups in total. The number of oxime groups is 1. The van der Waals surface area contributed by atoms with Crippen LogP contribution in [0.3, 0.4) is 0 Å². The van der Waals surface area contributed by atoms with Gasteiger partial charge in [0, 0.05) is 5.38 Å². The maximum atomic E-state index is 12.3. The van der Waals surface area contributed by atoms with Crippen LogP contribution in [0.15, 0.2) is 10.5 Å². The van der Waals surface area contributed by atoms with E-state index in [1.165, 1.54) is 30.6 Å². The van der Waals surface area contributed by atoms with E-state index >= 15 is 0 Å². The Morgan fingerprint density at radius 2 is 1.96 bits per heavy atom. The molecular weight excluding hydrogens is 326 g/mol. The van der Waals surface area contributed by atoms with Crippen molar-refractivity contribution in [3.63, 3.8) is 0 Å². The molecule has 0 unspecified atom stereocenters. The van der Waals surface area contributed by atoms with Crippen molar-refractivity contribution in [1.82, 2.24) is 4.98 Å². The molecule has 0 saturated heterocycles. The topological polar surface area (TPSA) is 86.8 Å². The standard InChI is InChI=1S/C17H23N3O3S/c1-2-22-15(21)14(13-9-24-16(18)19-13)20-23-17-6-10-3-11(7-17)5-12(4-10)8-17/h9-12H,2-8H2,1H3,(H2,18,19). The van der Waals surface area contributed by atoms with E-state index in [2.05, 4.69) is 10.1 Å². The lowest BCUT2D eigenvalue weighted by atomic mass is 9.54. The number of nitrogens with zero attached hydrogens (tertiary/aromatic N) is 2. The van der Waals surface area contributed by atoms with E-state index in [9.17, 15) is 4.79 Å². The molecule has 4 fully saturated rings. The number of esters is 1. The molecule has 24 heavy (non-hydrogen) atoms. The van der Waals surface area contributed by atoms with Gasteiger partial charge in [0.25, 0.3) is 0 Å².